The Morgan fingerprint density at radius 3 is 2.32 bits per heavy atom. The van der Waals surface area contributed by atoms with Crippen LogP contribution in [0.1, 0.15) is 78.3 Å². The highest BCUT2D eigenvalue weighted by atomic mass is 16.8. The first-order valence-electron chi connectivity index (χ1n) is 19.4. The van der Waals surface area contributed by atoms with Crippen LogP contribution in [-0.2, 0) is 42.9 Å². The molecule has 3 aliphatic rings. The zero-order valence-electron chi connectivity index (χ0n) is 32.7. The van der Waals surface area contributed by atoms with E-state index >= 15 is 0 Å². The predicted molar refractivity (Wildman–Crippen MR) is 195 cm³/mol. The van der Waals surface area contributed by atoms with Gasteiger partial charge in [0.25, 0.3) is 0 Å². The highest BCUT2D eigenvalue weighted by molar-refractivity contribution is 5.78. The molecule has 1 aromatic carbocycles. The summed E-state index contributed by atoms with van der Waals surface area (Å²) in [4.78, 5) is 51.6. The lowest BCUT2D eigenvalue weighted by molar-refractivity contribution is -0.355. The molecule has 0 radical (unpaired) electrons. The standard InChI is InChI=1S/C38H59N3O15/c1-6-20(3)36(50)41-16-8-14-40-28(43)17-26(39-15-13-25(18-41)53-22(5)42)23-9-11-24(12-10-23)54-38-35(33(48)30(45)21(4)52-38)56-37-34(49)32(47)31(46)27(55-37)19-51-29(44)7-2/h9-12,20-21,25-27,30-35,37-39,45-49H,6-8,13-19H2,1-5H3,(H,40,43). The first-order valence-corrected chi connectivity index (χ1v) is 19.4. The summed E-state index contributed by atoms with van der Waals surface area (Å²) < 4.78 is 34.1. The number of ether oxygens (including phenoxy) is 6. The van der Waals surface area contributed by atoms with Crippen molar-refractivity contribution >= 4 is 23.8 Å². The lowest BCUT2D eigenvalue weighted by atomic mass is 9.97. The minimum atomic E-state index is -1.80. The largest absolute Gasteiger partial charge is 0.463 e. The fraction of sp³-hybridized carbons (Fsp3) is 0.737. The van der Waals surface area contributed by atoms with Crippen molar-refractivity contribution in [2.24, 2.45) is 5.92 Å². The molecule has 7 N–H and O–H groups in total. The van der Waals surface area contributed by atoms with Gasteiger partial charge in [-0.3, -0.25) is 19.2 Å². The molecule has 0 aliphatic carbocycles. The Balaban J connectivity index is 1.48. The number of hydrogen-bond acceptors (Lipinski definition) is 16. The van der Waals surface area contributed by atoms with E-state index in [9.17, 15) is 44.7 Å². The summed E-state index contributed by atoms with van der Waals surface area (Å²) in [6, 6.07) is 6.23. The van der Waals surface area contributed by atoms with E-state index < -0.39 is 92.1 Å². The number of nitrogens with one attached hydrogen (secondary N) is 2. The molecule has 0 aromatic heterocycles. The molecule has 3 aliphatic heterocycles. The molecule has 13 atom stereocenters. The van der Waals surface area contributed by atoms with Gasteiger partial charge in [-0.2, -0.15) is 0 Å². The van der Waals surface area contributed by atoms with Crippen molar-refractivity contribution in [3.8, 4) is 5.75 Å². The summed E-state index contributed by atoms with van der Waals surface area (Å²) in [6.45, 7) is 9.11. The molecule has 0 spiro atoms. The SMILES string of the molecule is CCC(=O)OCC1OC(OC2C(Oc3ccc(C4CC(=O)NCCCN(C(=O)C(C)CC)CC(OC(C)=O)CCN4)cc3)OC(C)C(O)C2O)C(O)C(O)C1O. The third kappa shape index (κ3) is 12.3. The van der Waals surface area contributed by atoms with Gasteiger partial charge >= 0.3 is 11.9 Å². The molecule has 2 amide bonds. The Labute approximate surface area is 326 Å². The smallest absolute Gasteiger partial charge is 0.305 e. The Kier molecular flexibility index (Phi) is 17.2. The van der Waals surface area contributed by atoms with Gasteiger partial charge in [-0.1, -0.05) is 32.9 Å². The van der Waals surface area contributed by atoms with E-state index in [1.807, 2.05) is 13.8 Å². The number of rotatable bonds is 11. The van der Waals surface area contributed by atoms with E-state index in [1.54, 1.807) is 36.1 Å². The summed E-state index contributed by atoms with van der Waals surface area (Å²) in [5.74, 6) is -1.22. The Hall–Kier alpha value is -3.46. The topological polar surface area (TPSA) is 252 Å². The van der Waals surface area contributed by atoms with E-state index in [1.165, 1.54) is 13.8 Å². The number of benzene rings is 1. The Morgan fingerprint density at radius 2 is 1.66 bits per heavy atom. The molecule has 0 saturated carbocycles. The molecular weight excluding hydrogens is 738 g/mol. The predicted octanol–water partition coefficient (Wildman–Crippen LogP) is -0.585. The van der Waals surface area contributed by atoms with Crippen LogP contribution in [-0.4, -0.2) is 154 Å². The molecule has 4 rings (SSSR count). The van der Waals surface area contributed by atoms with Gasteiger partial charge in [0.15, 0.2) is 12.4 Å². The fourth-order valence-electron chi connectivity index (χ4n) is 6.68. The highest BCUT2D eigenvalue weighted by Gasteiger charge is 2.51. The van der Waals surface area contributed by atoms with Gasteiger partial charge in [0.05, 0.1) is 12.6 Å². The number of aliphatic hydroxyl groups excluding tert-OH is 5. The van der Waals surface area contributed by atoms with Gasteiger partial charge in [0.1, 0.15) is 55.1 Å². The van der Waals surface area contributed by atoms with Crippen LogP contribution in [0, 0.1) is 5.92 Å². The summed E-state index contributed by atoms with van der Waals surface area (Å²) in [5, 5.41) is 59.6. The van der Waals surface area contributed by atoms with Crippen LogP contribution >= 0.6 is 0 Å². The second-order valence-corrected chi connectivity index (χ2v) is 14.6. The fourth-order valence-corrected chi connectivity index (χ4v) is 6.68. The van der Waals surface area contributed by atoms with E-state index in [2.05, 4.69) is 10.6 Å². The zero-order valence-corrected chi connectivity index (χ0v) is 32.7. The van der Waals surface area contributed by atoms with Crippen LogP contribution in [0.25, 0.3) is 0 Å². The molecule has 18 heteroatoms. The van der Waals surface area contributed by atoms with Gasteiger partial charge in [0, 0.05) is 44.8 Å². The van der Waals surface area contributed by atoms with Crippen molar-refractivity contribution in [1.82, 2.24) is 15.5 Å². The van der Waals surface area contributed by atoms with Gasteiger partial charge in [0.2, 0.25) is 18.1 Å². The van der Waals surface area contributed by atoms with Crippen molar-refractivity contribution in [3.05, 3.63) is 29.8 Å². The van der Waals surface area contributed by atoms with Crippen LogP contribution in [0.3, 0.4) is 0 Å². The Morgan fingerprint density at radius 1 is 0.946 bits per heavy atom. The van der Waals surface area contributed by atoms with E-state index in [0.29, 0.717) is 38.9 Å². The quantitative estimate of drug-likeness (QED) is 0.138. The minimum absolute atomic E-state index is 0.0329. The van der Waals surface area contributed by atoms with Gasteiger partial charge in [-0.15, -0.1) is 0 Å². The van der Waals surface area contributed by atoms with E-state index in [-0.39, 0.29) is 42.9 Å². The number of nitrogens with zero attached hydrogens (tertiary/aromatic N) is 1. The van der Waals surface area contributed by atoms with Crippen molar-refractivity contribution < 1.29 is 73.1 Å². The van der Waals surface area contributed by atoms with Crippen LogP contribution in [0.2, 0.25) is 0 Å². The van der Waals surface area contributed by atoms with Crippen LogP contribution in [0.4, 0.5) is 0 Å². The molecule has 3 heterocycles. The third-order valence-electron chi connectivity index (χ3n) is 10.3. The average molecular weight is 798 g/mol. The van der Waals surface area contributed by atoms with Gasteiger partial charge < -0.3 is 69.5 Å². The first kappa shape index (κ1) is 45.2. The highest BCUT2D eigenvalue weighted by Crippen LogP contribution is 2.31. The molecule has 1 aromatic rings. The maximum absolute atomic E-state index is 13.1. The number of aliphatic hydroxyl groups is 5. The van der Waals surface area contributed by atoms with E-state index in [4.69, 9.17) is 28.4 Å². The molecule has 3 saturated heterocycles. The van der Waals surface area contributed by atoms with Crippen molar-refractivity contribution in [2.45, 2.75) is 140 Å². The summed E-state index contributed by atoms with van der Waals surface area (Å²) >= 11 is 0. The molecule has 56 heavy (non-hydrogen) atoms. The number of hydrogen-bond donors (Lipinski definition) is 7. The van der Waals surface area contributed by atoms with Crippen molar-refractivity contribution in [1.29, 1.82) is 0 Å². The monoisotopic (exact) mass is 797 g/mol. The lowest BCUT2D eigenvalue weighted by Gasteiger charge is -2.45. The molecule has 0 bridgehead atoms. The van der Waals surface area contributed by atoms with E-state index in [0.717, 1.165) is 5.56 Å². The molecule has 316 valence electrons. The number of carbonyl (C=O) groups excluding carboxylic acids is 4. The minimum Gasteiger partial charge on any atom is -0.463 e. The zero-order chi connectivity index (χ0) is 41.1. The van der Waals surface area contributed by atoms with Crippen LogP contribution in [0.15, 0.2) is 24.3 Å². The first-order chi connectivity index (χ1) is 26.6. The second kappa shape index (κ2) is 21.3. The van der Waals surface area contributed by atoms with Gasteiger partial charge in [-0.05, 0) is 50.4 Å². The number of esters is 2. The summed E-state index contributed by atoms with van der Waals surface area (Å²) in [5.41, 5.74) is 0.724. The number of amides is 2. The summed E-state index contributed by atoms with van der Waals surface area (Å²) in [7, 11) is 0. The third-order valence-corrected chi connectivity index (χ3v) is 10.3. The summed E-state index contributed by atoms with van der Waals surface area (Å²) in [6.07, 6.45) is -13.8. The Bertz CT molecular complexity index is 1440. The average Bonchev–Trinajstić information content (AvgIpc) is 3.19. The maximum Gasteiger partial charge on any atom is 0.305 e. The lowest BCUT2D eigenvalue weighted by Crippen LogP contribution is -2.64. The van der Waals surface area contributed by atoms with Crippen LogP contribution < -0.4 is 15.4 Å². The van der Waals surface area contributed by atoms with Crippen LogP contribution in [0.5, 0.6) is 5.75 Å². The maximum atomic E-state index is 13.1. The molecule has 18 nitrogen and oxygen atoms in total. The molecular formula is C38H59N3O15. The number of carbonyl (C=O) groups is 4. The molecule has 13 unspecified atom stereocenters. The van der Waals surface area contributed by atoms with Crippen molar-refractivity contribution in [3.63, 3.8) is 0 Å². The molecule has 3 fully saturated rings. The normalized spacial score (nSPS) is 34.1. The second-order valence-electron chi connectivity index (χ2n) is 14.6. The van der Waals surface area contributed by atoms with Crippen molar-refractivity contribution in [2.75, 3.05) is 32.8 Å². The van der Waals surface area contributed by atoms with Gasteiger partial charge in [-0.25, -0.2) is 0 Å².